The van der Waals surface area contributed by atoms with Gasteiger partial charge in [0.1, 0.15) is 5.75 Å². The summed E-state index contributed by atoms with van der Waals surface area (Å²) >= 11 is 0. The molecule has 7 nitrogen and oxygen atoms in total. The molecule has 0 aliphatic rings. The Morgan fingerprint density at radius 2 is 1.70 bits per heavy atom. The van der Waals surface area contributed by atoms with Crippen molar-refractivity contribution in [2.45, 2.75) is 19.8 Å². The van der Waals surface area contributed by atoms with Crippen molar-refractivity contribution in [2.75, 3.05) is 19.0 Å². The van der Waals surface area contributed by atoms with Crippen LogP contribution in [0.4, 0.5) is 11.4 Å². The number of nitrogens with one attached hydrogen (secondary N) is 3. The van der Waals surface area contributed by atoms with Gasteiger partial charge >= 0.3 is 11.8 Å². The minimum atomic E-state index is -0.831. The largest absolute Gasteiger partial charge is 0.495 e. The molecule has 0 unspecified atom stereocenters. The third kappa shape index (κ3) is 6.43. The molecule has 0 radical (unpaired) electrons. The van der Waals surface area contributed by atoms with Crippen molar-refractivity contribution in [3.8, 4) is 5.75 Å². The van der Waals surface area contributed by atoms with Crippen molar-refractivity contribution >= 4 is 29.4 Å². The van der Waals surface area contributed by atoms with Crippen LogP contribution in [0.25, 0.3) is 0 Å². The second kappa shape index (κ2) is 11.5. The zero-order valence-corrected chi connectivity index (χ0v) is 19.0. The number of amides is 2. The Balaban J connectivity index is 1.63. The third-order valence-corrected chi connectivity index (χ3v) is 5.20. The van der Waals surface area contributed by atoms with Crippen molar-refractivity contribution in [3.05, 3.63) is 89.5 Å². The Morgan fingerprint density at radius 3 is 2.42 bits per heavy atom. The lowest BCUT2D eigenvalue weighted by atomic mass is 10.0. The highest BCUT2D eigenvalue weighted by atomic mass is 16.5. The van der Waals surface area contributed by atoms with E-state index >= 15 is 0 Å². The number of nitrogens with zero attached hydrogens (tertiary/aromatic N) is 1. The lowest BCUT2D eigenvalue weighted by molar-refractivity contribution is -0.139. The van der Waals surface area contributed by atoms with Gasteiger partial charge in [-0.05, 0) is 36.1 Å². The third-order valence-electron chi connectivity index (χ3n) is 5.20. The SMILES string of the molecule is COc1cccc(/C=N\NC(=O)C(=O)NC[C@H](C)c2ccccc2)c1Nc1ccccc1C. The standard InChI is InChI=1S/C26H28N4O3/c1-18-10-7-8-14-22(18)29-24-21(13-9-15-23(24)33-3)17-28-30-26(32)25(31)27-16-19(2)20-11-5-4-6-12-20/h4-15,17,19,29H,16H2,1-3H3,(H,27,31)(H,30,32)/b28-17-/t19-/m0/s1. The highest BCUT2D eigenvalue weighted by molar-refractivity contribution is 6.35. The quantitative estimate of drug-likeness (QED) is 0.277. The maximum atomic E-state index is 12.1. The van der Waals surface area contributed by atoms with Crippen LogP contribution in [-0.2, 0) is 9.59 Å². The Morgan fingerprint density at radius 1 is 0.970 bits per heavy atom. The van der Waals surface area contributed by atoms with E-state index in [0.717, 1.165) is 16.8 Å². The summed E-state index contributed by atoms with van der Waals surface area (Å²) in [5, 5.41) is 9.97. The van der Waals surface area contributed by atoms with E-state index in [1.165, 1.54) is 6.21 Å². The first-order valence-electron chi connectivity index (χ1n) is 10.7. The summed E-state index contributed by atoms with van der Waals surface area (Å²) in [5.41, 5.74) is 6.76. The van der Waals surface area contributed by atoms with Crippen LogP contribution in [0.3, 0.4) is 0 Å². The predicted molar refractivity (Wildman–Crippen MR) is 131 cm³/mol. The van der Waals surface area contributed by atoms with Crippen molar-refractivity contribution < 1.29 is 14.3 Å². The van der Waals surface area contributed by atoms with E-state index in [4.69, 9.17) is 4.74 Å². The number of anilines is 2. The van der Waals surface area contributed by atoms with E-state index in [-0.39, 0.29) is 5.92 Å². The van der Waals surface area contributed by atoms with Crippen LogP contribution in [0.5, 0.6) is 5.75 Å². The Hall–Kier alpha value is -4.13. The molecule has 3 aromatic rings. The Kier molecular flexibility index (Phi) is 8.18. The van der Waals surface area contributed by atoms with Gasteiger partial charge in [0, 0.05) is 17.8 Å². The van der Waals surface area contributed by atoms with Gasteiger partial charge in [0.25, 0.3) is 0 Å². The fraction of sp³-hybridized carbons (Fsp3) is 0.192. The average Bonchev–Trinajstić information content (AvgIpc) is 2.84. The Labute approximate surface area is 193 Å². The number of methoxy groups -OCH3 is 1. The molecule has 1 atom stereocenters. The molecular formula is C26H28N4O3. The summed E-state index contributed by atoms with van der Waals surface area (Å²) in [6.45, 7) is 4.33. The van der Waals surface area contributed by atoms with Gasteiger partial charge in [0.15, 0.2) is 0 Å². The molecular weight excluding hydrogens is 416 g/mol. The molecule has 0 aliphatic heterocycles. The smallest absolute Gasteiger partial charge is 0.329 e. The highest BCUT2D eigenvalue weighted by Crippen LogP contribution is 2.31. The maximum Gasteiger partial charge on any atom is 0.329 e. The van der Waals surface area contributed by atoms with E-state index in [0.29, 0.717) is 23.5 Å². The van der Waals surface area contributed by atoms with E-state index in [2.05, 4.69) is 21.2 Å². The normalized spacial score (nSPS) is 11.6. The fourth-order valence-corrected chi connectivity index (χ4v) is 3.24. The molecule has 0 saturated heterocycles. The molecule has 3 aromatic carbocycles. The predicted octanol–water partition coefficient (Wildman–Crippen LogP) is 4.12. The highest BCUT2D eigenvalue weighted by Gasteiger charge is 2.15. The van der Waals surface area contributed by atoms with E-state index in [9.17, 15) is 9.59 Å². The second-order valence-corrected chi connectivity index (χ2v) is 7.59. The van der Waals surface area contributed by atoms with Crippen molar-refractivity contribution in [1.29, 1.82) is 0 Å². The van der Waals surface area contributed by atoms with Gasteiger partial charge in [-0.25, -0.2) is 5.43 Å². The number of para-hydroxylation sites is 2. The molecule has 0 spiro atoms. The van der Waals surface area contributed by atoms with Crippen LogP contribution >= 0.6 is 0 Å². The topological polar surface area (TPSA) is 91.8 Å². The molecule has 170 valence electrons. The van der Waals surface area contributed by atoms with Gasteiger partial charge in [-0.3, -0.25) is 9.59 Å². The molecule has 2 amide bonds. The van der Waals surface area contributed by atoms with Crippen molar-refractivity contribution in [3.63, 3.8) is 0 Å². The molecule has 0 saturated carbocycles. The van der Waals surface area contributed by atoms with Crippen LogP contribution < -0.4 is 20.8 Å². The first-order valence-corrected chi connectivity index (χ1v) is 10.7. The molecule has 0 aliphatic carbocycles. The lowest BCUT2D eigenvalue weighted by Crippen LogP contribution is -2.39. The molecule has 0 fully saturated rings. The first kappa shape index (κ1) is 23.5. The second-order valence-electron chi connectivity index (χ2n) is 7.59. The zero-order valence-electron chi connectivity index (χ0n) is 19.0. The number of benzene rings is 3. The van der Waals surface area contributed by atoms with Gasteiger partial charge in [-0.1, -0.05) is 67.6 Å². The molecule has 0 bridgehead atoms. The van der Waals surface area contributed by atoms with E-state index in [1.54, 1.807) is 7.11 Å². The molecule has 3 N–H and O–H groups in total. The van der Waals surface area contributed by atoms with Crippen LogP contribution in [0.1, 0.15) is 29.5 Å². The van der Waals surface area contributed by atoms with Crippen LogP contribution in [0.15, 0.2) is 77.9 Å². The number of aryl methyl sites for hydroxylation is 1. The maximum absolute atomic E-state index is 12.1. The molecule has 0 heterocycles. The molecule has 33 heavy (non-hydrogen) atoms. The van der Waals surface area contributed by atoms with Crippen molar-refractivity contribution in [1.82, 2.24) is 10.7 Å². The number of ether oxygens (including phenoxy) is 1. The van der Waals surface area contributed by atoms with Gasteiger partial charge in [-0.15, -0.1) is 0 Å². The number of rotatable bonds is 8. The zero-order chi connectivity index (χ0) is 23.6. The summed E-state index contributed by atoms with van der Waals surface area (Å²) in [5.74, 6) is -0.860. The number of carbonyl (C=O) groups is 2. The monoisotopic (exact) mass is 444 g/mol. The summed E-state index contributed by atoms with van der Waals surface area (Å²) in [6.07, 6.45) is 1.47. The number of hydrogen-bond acceptors (Lipinski definition) is 5. The fourth-order valence-electron chi connectivity index (χ4n) is 3.24. The van der Waals surface area contributed by atoms with Gasteiger partial charge < -0.3 is 15.4 Å². The van der Waals surface area contributed by atoms with Crippen LogP contribution in [0.2, 0.25) is 0 Å². The van der Waals surface area contributed by atoms with E-state index in [1.807, 2.05) is 86.6 Å². The van der Waals surface area contributed by atoms with E-state index < -0.39 is 11.8 Å². The minimum Gasteiger partial charge on any atom is -0.495 e. The summed E-state index contributed by atoms with van der Waals surface area (Å²) in [7, 11) is 1.59. The number of carbonyl (C=O) groups excluding carboxylic acids is 2. The summed E-state index contributed by atoms with van der Waals surface area (Å²) in [6, 6.07) is 23.1. The van der Waals surface area contributed by atoms with Gasteiger partial charge in [0.2, 0.25) is 0 Å². The summed E-state index contributed by atoms with van der Waals surface area (Å²) in [4.78, 5) is 24.3. The van der Waals surface area contributed by atoms with Gasteiger partial charge in [0.05, 0.1) is 19.0 Å². The average molecular weight is 445 g/mol. The van der Waals surface area contributed by atoms with Gasteiger partial charge in [-0.2, -0.15) is 5.10 Å². The summed E-state index contributed by atoms with van der Waals surface area (Å²) < 4.78 is 5.48. The number of hydrazone groups is 1. The van der Waals surface area contributed by atoms with Crippen LogP contribution in [0, 0.1) is 6.92 Å². The molecule has 0 aromatic heterocycles. The van der Waals surface area contributed by atoms with Crippen molar-refractivity contribution in [2.24, 2.45) is 5.10 Å². The number of hydrogen-bond donors (Lipinski definition) is 3. The minimum absolute atomic E-state index is 0.0818. The first-order chi connectivity index (χ1) is 16.0. The van der Waals surface area contributed by atoms with Crippen LogP contribution in [-0.4, -0.2) is 31.7 Å². The molecule has 3 rings (SSSR count). The Bertz CT molecular complexity index is 1130. The molecule has 7 heteroatoms. The lowest BCUT2D eigenvalue weighted by Gasteiger charge is -2.15.